The number of carbonyl (C=O) groups excluding carboxylic acids is 2. The summed E-state index contributed by atoms with van der Waals surface area (Å²) in [7, 11) is 0. The number of aromatic hydroxyl groups is 1. The lowest BCUT2D eigenvalue weighted by Crippen LogP contribution is -2.27. The number of aryl methyl sites for hydroxylation is 1. The number of non-ortho nitro benzene ring substituents is 1. The summed E-state index contributed by atoms with van der Waals surface area (Å²) in [6.45, 7) is 3.82. The first-order valence-corrected chi connectivity index (χ1v) is 10.5. The highest BCUT2D eigenvalue weighted by Gasteiger charge is 2.35. The Balaban J connectivity index is 1.61. The Labute approximate surface area is 187 Å². The maximum Gasteiger partial charge on any atom is 0.293 e. The van der Waals surface area contributed by atoms with Crippen molar-refractivity contribution in [1.82, 2.24) is 9.47 Å². The minimum absolute atomic E-state index is 0.0315. The summed E-state index contributed by atoms with van der Waals surface area (Å²) < 4.78 is 2.00. The summed E-state index contributed by atoms with van der Waals surface area (Å²) in [6, 6.07) is 14.6. The van der Waals surface area contributed by atoms with Crippen molar-refractivity contribution in [3.63, 3.8) is 0 Å². The molecule has 2 aromatic carbocycles. The van der Waals surface area contributed by atoms with Crippen LogP contribution in [0.3, 0.4) is 0 Å². The summed E-state index contributed by atoms with van der Waals surface area (Å²) in [6.07, 6.45) is 1.69. The van der Waals surface area contributed by atoms with E-state index < -0.39 is 16.1 Å². The average molecular weight is 449 g/mol. The number of hydrogen-bond donors (Lipinski definition) is 1. The first-order valence-electron chi connectivity index (χ1n) is 9.71. The van der Waals surface area contributed by atoms with Crippen molar-refractivity contribution >= 4 is 34.7 Å². The van der Waals surface area contributed by atoms with E-state index in [1.54, 1.807) is 36.4 Å². The molecule has 1 fully saturated rings. The number of nitrogens with zero attached hydrogens (tertiary/aromatic N) is 3. The third kappa shape index (κ3) is 4.02. The number of benzene rings is 2. The predicted octanol–water partition coefficient (Wildman–Crippen LogP) is 4.94. The molecule has 2 heterocycles. The van der Waals surface area contributed by atoms with E-state index in [-0.39, 0.29) is 18.0 Å². The van der Waals surface area contributed by atoms with Gasteiger partial charge in [0.25, 0.3) is 16.8 Å². The number of phenolic OH excluding ortho intramolecular Hbond substituents is 1. The van der Waals surface area contributed by atoms with Crippen LogP contribution < -0.4 is 0 Å². The van der Waals surface area contributed by atoms with Gasteiger partial charge in [-0.1, -0.05) is 12.1 Å². The average Bonchev–Trinajstić information content (AvgIpc) is 3.18. The van der Waals surface area contributed by atoms with E-state index in [1.807, 2.05) is 24.5 Å². The Kier molecular flexibility index (Phi) is 5.58. The molecule has 1 saturated heterocycles. The predicted molar refractivity (Wildman–Crippen MR) is 122 cm³/mol. The van der Waals surface area contributed by atoms with Gasteiger partial charge in [0.2, 0.25) is 0 Å². The fraction of sp³-hybridized carbons (Fsp3) is 0.130. The first kappa shape index (κ1) is 21.4. The van der Waals surface area contributed by atoms with Crippen molar-refractivity contribution in [2.75, 3.05) is 0 Å². The molecule has 4 rings (SSSR count). The molecule has 32 heavy (non-hydrogen) atoms. The van der Waals surface area contributed by atoms with E-state index in [0.717, 1.165) is 39.3 Å². The molecule has 1 aromatic heterocycles. The molecular weight excluding hydrogens is 430 g/mol. The van der Waals surface area contributed by atoms with E-state index in [4.69, 9.17) is 0 Å². The molecule has 1 N–H and O–H groups in total. The number of aromatic nitrogens is 1. The van der Waals surface area contributed by atoms with E-state index in [1.165, 1.54) is 18.2 Å². The second-order valence-corrected chi connectivity index (χ2v) is 8.37. The number of nitro groups is 1. The minimum atomic E-state index is -0.513. The highest BCUT2D eigenvalue weighted by molar-refractivity contribution is 8.18. The topological polar surface area (TPSA) is 106 Å². The Hall–Kier alpha value is -3.85. The molecule has 0 saturated carbocycles. The van der Waals surface area contributed by atoms with E-state index in [0.29, 0.717) is 10.5 Å². The Morgan fingerprint density at radius 3 is 2.50 bits per heavy atom. The molecule has 9 heteroatoms. The zero-order valence-electron chi connectivity index (χ0n) is 17.3. The van der Waals surface area contributed by atoms with Crippen LogP contribution >= 0.6 is 11.8 Å². The molecule has 0 unspecified atom stereocenters. The molecule has 162 valence electrons. The molecule has 0 radical (unpaired) electrons. The molecule has 2 amide bonds. The fourth-order valence-electron chi connectivity index (χ4n) is 3.66. The molecule has 3 aromatic rings. The number of thioether (sulfide) groups is 1. The summed E-state index contributed by atoms with van der Waals surface area (Å²) >= 11 is 0.850. The zero-order chi connectivity index (χ0) is 23.0. The second kappa shape index (κ2) is 8.35. The fourth-order valence-corrected chi connectivity index (χ4v) is 4.49. The monoisotopic (exact) mass is 449 g/mol. The van der Waals surface area contributed by atoms with Gasteiger partial charge in [-0.3, -0.25) is 24.6 Å². The van der Waals surface area contributed by atoms with Crippen LogP contribution in [0.4, 0.5) is 10.5 Å². The van der Waals surface area contributed by atoms with E-state index >= 15 is 0 Å². The van der Waals surface area contributed by atoms with Gasteiger partial charge >= 0.3 is 0 Å². The van der Waals surface area contributed by atoms with Crippen molar-refractivity contribution in [3.8, 4) is 11.4 Å². The molecule has 0 atom stereocenters. The molecule has 1 aliphatic heterocycles. The summed E-state index contributed by atoms with van der Waals surface area (Å²) in [5.41, 5.74) is 3.92. The highest BCUT2D eigenvalue weighted by Crippen LogP contribution is 2.35. The molecule has 0 bridgehead atoms. The maximum atomic E-state index is 12.9. The van der Waals surface area contributed by atoms with Crippen LogP contribution in [-0.4, -0.2) is 30.6 Å². The van der Waals surface area contributed by atoms with Crippen molar-refractivity contribution < 1.29 is 19.6 Å². The van der Waals surface area contributed by atoms with Crippen molar-refractivity contribution in [2.45, 2.75) is 20.4 Å². The number of phenols is 1. The van der Waals surface area contributed by atoms with Crippen LogP contribution in [0, 0.1) is 24.0 Å². The van der Waals surface area contributed by atoms with Crippen LogP contribution in [-0.2, 0) is 11.3 Å². The standard InChI is InChI=1S/C23H19N3O5S/c1-14-10-17(15(2)25(14)18-6-8-20(27)9-7-18)12-21-22(28)24(23(29)32-21)13-16-4-3-5-19(11-16)26(30)31/h3-12,27H,13H2,1-2H3/b21-12+. The van der Waals surface area contributed by atoms with Gasteiger partial charge in [-0.2, -0.15) is 0 Å². The Morgan fingerprint density at radius 2 is 1.81 bits per heavy atom. The molecule has 0 aliphatic carbocycles. The van der Waals surface area contributed by atoms with Crippen LogP contribution in [0.15, 0.2) is 59.5 Å². The normalized spacial score (nSPS) is 15.1. The third-order valence-electron chi connectivity index (χ3n) is 5.20. The van der Waals surface area contributed by atoms with Gasteiger partial charge in [0.1, 0.15) is 5.75 Å². The zero-order valence-corrected chi connectivity index (χ0v) is 18.1. The van der Waals surface area contributed by atoms with Crippen LogP contribution in [0.1, 0.15) is 22.5 Å². The summed E-state index contributed by atoms with van der Waals surface area (Å²) in [4.78, 5) is 37.2. The van der Waals surface area contributed by atoms with Gasteiger partial charge in [-0.05, 0) is 73.1 Å². The number of nitro benzene ring substituents is 1. The molecule has 8 nitrogen and oxygen atoms in total. The van der Waals surface area contributed by atoms with Crippen LogP contribution in [0.25, 0.3) is 11.8 Å². The van der Waals surface area contributed by atoms with Gasteiger partial charge < -0.3 is 9.67 Å². The number of hydrogen-bond acceptors (Lipinski definition) is 6. The van der Waals surface area contributed by atoms with Gasteiger partial charge in [-0.15, -0.1) is 0 Å². The third-order valence-corrected chi connectivity index (χ3v) is 6.11. The SMILES string of the molecule is Cc1cc(/C=C2/SC(=O)N(Cc3cccc([N+](=O)[O-])c3)C2=O)c(C)n1-c1ccc(O)cc1. The van der Waals surface area contributed by atoms with E-state index in [9.17, 15) is 24.8 Å². The van der Waals surface area contributed by atoms with Crippen LogP contribution in [0.2, 0.25) is 0 Å². The number of imide groups is 1. The highest BCUT2D eigenvalue weighted by atomic mass is 32.2. The Bertz CT molecular complexity index is 1280. The lowest BCUT2D eigenvalue weighted by Gasteiger charge is -2.12. The number of amides is 2. The van der Waals surface area contributed by atoms with Crippen molar-refractivity contribution in [3.05, 3.63) is 92.1 Å². The maximum absolute atomic E-state index is 12.9. The quantitative estimate of drug-likeness (QED) is 0.336. The largest absolute Gasteiger partial charge is 0.508 e. The first-order chi connectivity index (χ1) is 15.2. The van der Waals surface area contributed by atoms with Crippen LogP contribution in [0.5, 0.6) is 5.75 Å². The molecule has 0 spiro atoms. The summed E-state index contributed by atoms with van der Waals surface area (Å²) in [5, 5.41) is 20.1. The lowest BCUT2D eigenvalue weighted by atomic mass is 10.2. The minimum Gasteiger partial charge on any atom is -0.508 e. The van der Waals surface area contributed by atoms with Gasteiger partial charge in [0.05, 0.1) is 16.4 Å². The summed E-state index contributed by atoms with van der Waals surface area (Å²) in [5.74, 6) is -0.255. The lowest BCUT2D eigenvalue weighted by molar-refractivity contribution is -0.384. The molecule has 1 aliphatic rings. The smallest absolute Gasteiger partial charge is 0.293 e. The number of rotatable bonds is 5. The number of carbonyl (C=O) groups is 2. The van der Waals surface area contributed by atoms with Gasteiger partial charge in [0, 0.05) is 29.2 Å². The van der Waals surface area contributed by atoms with Crippen molar-refractivity contribution in [2.24, 2.45) is 0 Å². The molecular formula is C23H19N3O5S. The van der Waals surface area contributed by atoms with Gasteiger partial charge in [0.15, 0.2) is 0 Å². The van der Waals surface area contributed by atoms with Crippen molar-refractivity contribution in [1.29, 1.82) is 0 Å². The van der Waals surface area contributed by atoms with Gasteiger partial charge in [-0.25, -0.2) is 0 Å². The Morgan fingerprint density at radius 1 is 1.09 bits per heavy atom. The van der Waals surface area contributed by atoms with E-state index in [2.05, 4.69) is 0 Å². The second-order valence-electron chi connectivity index (χ2n) is 7.37.